The number of esters is 1. The van der Waals surface area contributed by atoms with Gasteiger partial charge >= 0.3 is 5.97 Å². The van der Waals surface area contributed by atoms with Gasteiger partial charge in [0.25, 0.3) is 0 Å². The van der Waals surface area contributed by atoms with Crippen LogP contribution < -0.4 is 10.5 Å². The van der Waals surface area contributed by atoms with E-state index >= 15 is 0 Å². The molecule has 2 N–H and O–H groups in total. The Morgan fingerprint density at radius 3 is 2.36 bits per heavy atom. The van der Waals surface area contributed by atoms with Gasteiger partial charge in [-0.3, -0.25) is 4.79 Å². The van der Waals surface area contributed by atoms with E-state index in [9.17, 15) is 4.79 Å². The van der Waals surface area contributed by atoms with Crippen molar-refractivity contribution in [2.75, 3.05) is 7.11 Å². The van der Waals surface area contributed by atoms with E-state index in [0.29, 0.717) is 0 Å². The van der Waals surface area contributed by atoms with E-state index < -0.39 is 17.1 Å². The molecular weight excluding hydrogens is 278 g/mol. The van der Waals surface area contributed by atoms with Crippen LogP contribution in [0.2, 0.25) is 0 Å². The molecule has 1 aromatic rings. The number of methoxy groups -OCH3 is 1. The molecule has 0 aromatic heterocycles. The van der Waals surface area contributed by atoms with Crippen molar-refractivity contribution in [1.82, 2.24) is 0 Å². The zero-order valence-electron chi connectivity index (χ0n) is 14.3. The zero-order chi connectivity index (χ0) is 17.0. The van der Waals surface area contributed by atoms with Crippen molar-refractivity contribution < 1.29 is 14.3 Å². The van der Waals surface area contributed by atoms with E-state index in [1.54, 1.807) is 14.0 Å². The zero-order valence-corrected chi connectivity index (χ0v) is 14.3. The van der Waals surface area contributed by atoms with Gasteiger partial charge in [-0.1, -0.05) is 37.3 Å². The Kier molecular flexibility index (Phi) is 5.78. The van der Waals surface area contributed by atoms with Crippen LogP contribution in [0, 0.1) is 5.92 Å². The normalized spacial score (nSPS) is 16.1. The second-order valence-corrected chi connectivity index (χ2v) is 6.67. The summed E-state index contributed by atoms with van der Waals surface area (Å²) >= 11 is 0. The number of hydrogen-bond donors (Lipinski definition) is 1. The Bertz CT molecular complexity index is 542. The summed E-state index contributed by atoms with van der Waals surface area (Å²) in [5.74, 6) is 0.186. The number of carbonyl (C=O) groups is 1. The first kappa shape index (κ1) is 18.2. The van der Waals surface area contributed by atoms with Crippen molar-refractivity contribution in [2.45, 2.75) is 45.8 Å². The van der Waals surface area contributed by atoms with Gasteiger partial charge in [0.15, 0.2) is 0 Å². The molecule has 0 radical (unpaired) electrons. The van der Waals surface area contributed by atoms with Gasteiger partial charge < -0.3 is 15.2 Å². The first-order valence-electron chi connectivity index (χ1n) is 7.41. The number of hydrogen-bond acceptors (Lipinski definition) is 4. The fourth-order valence-electron chi connectivity index (χ4n) is 1.83. The molecule has 0 aliphatic rings. The number of carbonyl (C=O) groups excluding carboxylic acids is 1. The largest absolute Gasteiger partial charge is 0.496 e. The molecule has 0 amide bonds. The first-order chi connectivity index (χ1) is 10.1. The summed E-state index contributed by atoms with van der Waals surface area (Å²) in [6.45, 7) is 9.08. The molecule has 0 saturated heterocycles. The molecule has 1 aromatic carbocycles. The Morgan fingerprint density at radius 1 is 1.23 bits per heavy atom. The minimum Gasteiger partial charge on any atom is -0.496 e. The fraction of sp³-hybridized carbons (Fsp3) is 0.500. The van der Waals surface area contributed by atoms with Crippen LogP contribution in [0.15, 0.2) is 30.3 Å². The highest BCUT2D eigenvalue weighted by molar-refractivity contribution is 5.81. The van der Waals surface area contributed by atoms with Gasteiger partial charge in [-0.05, 0) is 33.8 Å². The number of rotatable bonds is 5. The Morgan fingerprint density at radius 2 is 1.82 bits per heavy atom. The Balaban J connectivity index is 2.88. The number of ether oxygens (including phenoxy) is 2. The van der Waals surface area contributed by atoms with Crippen LogP contribution in [0.5, 0.6) is 5.75 Å². The van der Waals surface area contributed by atoms with E-state index in [4.69, 9.17) is 15.2 Å². The highest BCUT2D eigenvalue weighted by atomic mass is 16.6. The van der Waals surface area contributed by atoms with Gasteiger partial charge in [0, 0.05) is 11.5 Å². The van der Waals surface area contributed by atoms with Crippen LogP contribution in [-0.4, -0.2) is 24.2 Å². The minimum atomic E-state index is -1.09. The van der Waals surface area contributed by atoms with Crippen LogP contribution in [0.1, 0.15) is 40.2 Å². The molecule has 4 nitrogen and oxygen atoms in total. The Hall–Kier alpha value is -1.81. The summed E-state index contributed by atoms with van der Waals surface area (Å²) in [4.78, 5) is 12.3. The van der Waals surface area contributed by atoms with Gasteiger partial charge in [-0.2, -0.15) is 0 Å². The van der Waals surface area contributed by atoms with Crippen molar-refractivity contribution in [1.29, 1.82) is 0 Å². The van der Waals surface area contributed by atoms with Crippen LogP contribution in [-0.2, 0) is 9.53 Å². The van der Waals surface area contributed by atoms with Gasteiger partial charge in [0.1, 0.15) is 16.9 Å². The molecule has 1 rings (SSSR count). The molecule has 0 fully saturated rings. The van der Waals surface area contributed by atoms with Crippen LogP contribution in [0.4, 0.5) is 0 Å². The molecule has 0 spiro atoms. The smallest absolute Gasteiger partial charge is 0.326 e. The molecule has 0 heterocycles. The topological polar surface area (TPSA) is 61.5 Å². The standard InChI is InChI=1S/C18H27NO3/c1-13(18(5,19)16(20)22-17(2,3)4)11-12-14-9-7-8-10-15(14)21-6/h7-13H,19H2,1-6H3/b12-11+/t13-,18+/m0/s1. The Labute approximate surface area is 133 Å². The third-order valence-corrected chi connectivity index (χ3v) is 3.49. The van der Waals surface area contributed by atoms with Crippen LogP contribution >= 0.6 is 0 Å². The van der Waals surface area contributed by atoms with Crippen LogP contribution in [0.3, 0.4) is 0 Å². The van der Waals surface area contributed by atoms with Crippen molar-refractivity contribution >= 4 is 12.0 Å². The monoisotopic (exact) mass is 305 g/mol. The molecule has 0 aliphatic carbocycles. The summed E-state index contributed by atoms with van der Waals surface area (Å²) in [5, 5.41) is 0. The lowest BCUT2D eigenvalue weighted by Crippen LogP contribution is -2.52. The molecule has 0 saturated carbocycles. The lowest BCUT2D eigenvalue weighted by Gasteiger charge is -2.31. The van der Waals surface area contributed by atoms with E-state index in [1.165, 1.54) is 0 Å². The minimum absolute atomic E-state index is 0.188. The maximum atomic E-state index is 12.3. The highest BCUT2D eigenvalue weighted by Gasteiger charge is 2.37. The second kappa shape index (κ2) is 6.97. The molecule has 0 aliphatic heterocycles. The third kappa shape index (κ3) is 4.88. The van der Waals surface area contributed by atoms with E-state index in [-0.39, 0.29) is 5.92 Å². The summed E-state index contributed by atoms with van der Waals surface area (Å²) in [6.07, 6.45) is 3.82. The lowest BCUT2D eigenvalue weighted by molar-refractivity contribution is -0.162. The van der Waals surface area contributed by atoms with Crippen molar-refractivity contribution in [3.05, 3.63) is 35.9 Å². The van der Waals surface area contributed by atoms with E-state index in [0.717, 1.165) is 11.3 Å². The van der Waals surface area contributed by atoms with Crippen molar-refractivity contribution in [3.63, 3.8) is 0 Å². The van der Waals surface area contributed by atoms with Gasteiger partial charge in [0.2, 0.25) is 0 Å². The van der Waals surface area contributed by atoms with Gasteiger partial charge in [-0.15, -0.1) is 0 Å². The SMILES string of the molecule is COc1ccccc1/C=C/[C@H](C)[C@@](C)(N)C(=O)OC(C)(C)C. The van der Waals surface area contributed by atoms with Crippen molar-refractivity contribution in [3.8, 4) is 5.75 Å². The maximum absolute atomic E-state index is 12.3. The fourth-order valence-corrected chi connectivity index (χ4v) is 1.83. The highest BCUT2D eigenvalue weighted by Crippen LogP contribution is 2.24. The quantitative estimate of drug-likeness (QED) is 0.847. The molecule has 0 unspecified atom stereocenters. The summed E-state index contributed by atoms with van der Waals surface area (Å²) < 4.78 is 10.7. The summed E-state index contributed by atoms with van der Waals surface area (Å²) in [5.41, 5.74) is 5.49. The predicted octanol–water partition coefficient (Wildman–Crippen LogP) is 3.40. The van der Waals surface area contributed by atoms with Gasteiger partial charge in [0.05, 0.1) is 7.11 Å². The average molecular weight is 305 g/mol. The van der Waals surface area contributed by atoms with E-state index in [1.807, 2.05) is 64.1 Å². The molecule has 2 atom stereocenters. The predicted molar refractivity (Wildman–Crippen MR) is 89.6 cm³/mol. The number of nitrogens with two attached hydrogens (primary N) is 1. The molecule has 4 heteroatoms. The molecule has 122 valence electrons. The third-order valence-electron chi connectivity index (χ3n) is 3.49. The molecule has 22 heavy (non-hydrogen) atoms. The first-order valence-corrected chi connectivity index (χ1v) is 7.41. The second-order valence-electron chi connectivity index (χ2n) is 6.67. The average Bonchev–Trinajstić information content (AvgIpc) is 2.43. The van der Waals surface area contributed by atoms with Crippen molar-refractivity contribution in [2.24, 2.45) is 11.7 Å². The lowest BCUT2D eigenvalue weighted by atomic mass is 9.87. The number of para-hydroxylation sites is 1. The number of benzene rings is 1. The molecular formula is C18H27NO3. The maximum Gasteiger partial charge on any atom is 0.326 e. The van der Waals surface area contributed by atoms with E-state index in [2.05, 4.69) is 0 Å². The molecule has 0 bridgehead atoms. The summed E-state index contributed by atoms with van der Waals surface area (Å²) in [7, 11) is 1.63. The summed E-state index contributed by atoms with van der Waals surface area (Å²) in [6, 6.07) is 7.68. The van der Waals surface area contributed by atoms with Crippen LogP contribution in [0.25, 0.3) is 6.08 Å². The van der Waals surface area contributed by atoms with Gasteiger partial charge in [-0.25, -0.2) is 0 Å².